The normalized spacial score (nSPS) is 19.1. The first-order valence-corrected chi connectivity index (χ1v) is 10.7. The summed E-state index contributed by atoms with van der Waals surface area (Å²) in [5.41, 5.74) is 3.97. The van der Waals surface area contributed by atoms with Gasteiger partial charge in [0.1, 0.15) is 5.75 Å². The van der Waals surface area contributed by atoms with Crippen molar-refractivity contribution in [2.75, 3.05) is 24.1 Å². The topological polar surface area (TPSA) is 56.6 Å². The highest BCUT2D eigenvalue weighted by Crippen LogP contribution is 2.43. The van der Waals surface area contributed by atoms with Gasteiger partial charge in [0.2, 0.25) is 5.91 Å². The van der Waals surface area contributed by atoms with E-state index in [1.807, 2.05) is 43.3 Å². The lowest BCUT2D eigenvalue weighted by Gasteiger charge is -2.42. The number of hydrogen-bond acceptors (Lipinski definition) is 5. The number of thioether (sulfide) groups is 1. The molecule has 2 aromatic rings. The highest BCUT2D eigenvalue weighted by molar-refractivity contribution is 8.03. The fourth-order valence-electron chi connectivity index (χ4n) is 3.88. The van der Waals surface area contributed by atoms with Gasteiger partial charge in [-0.3, -0.25) is 9.69 Å². The number of carbonyl (C=O) groups is 1. The minimum Gasteiger partial charge on any atom is -0.494 e. The van der Waals surface area contributed by atoms with Crippen molar-refractivity contribution in [1.82, 2.24) is 4.90 Å². The smallest absolute Gasteiger partial charge is 0.229 e. The number of para-hydroxylation sites is 1. The van der Waals surface area contributed by atoms with Crippen molar-refractivity contribution in [3.63, 3.8) is 0 Å². The standard InChI is InChI=1S/C23H23N3O2S/c1-3-28-18-10-8-17(9-11-18)19-12-22(27)26-14-25(15-29-23(26)20(19)13-24)21-7-5-4-6-16(21)2/h4-11,19H,3,12,14-15H2,1-2H3. The van der Waals surface area contributed by atoms with Crippen LogP contribution in [0.25, 0.3) is 0 Å². The molecule has 2 heterocycles. The summed E-state index contributed by atoms with van der Waals surface area (Å²) in [7, 11) is 0. The van der Waals surface area contributed by atoms with Crippen molar-refractivity contribution < 1.29 is 9.53 Å². The quantitative estimate of drug-likeness (QED) is 0.743. The summed E-state index contributed by atoms with van der Waals surface area (Å²) in [4.78, 5) is 17.0. The molecule has 1 fully saturated rings. The number of allylic oxidation sites excluding steroid dienone is 1. The molecule has 0 spiro atoms. The number of benzene rings is 2. The molecule has 0 bridgehead atoms. The molecule has 29 heavy (non-hydrogen) atoms. The Balaban J connectivity index is 1.63. The zero-order valence-electron chi connectivity index (χ0n) is 16.6. The van der Waals surface area contributed by atoms with Gasteiger partial charge in [-0.1, -0.05) is 42.1 Å². The van der Waals surface area contributed by atoms with E-state index < -0.39 is 0 Å². The number of ether oxygens (including phenoxy) is 1. The average Bonchev–Trinajstić information content (AvgIpc) is 2.75. The van der Waals surface area contributed by atoms with Crippen LogP contribution in [0.15, 0.2) is 59.1 Å². The van der Waals surface area contributed by atoms with Crippen LogP contribution < -0.4 is 9.64 Å². The van der Waals surface area contributed by atoms with Gasteiger partial charge in [-0.2, -0.15) is 5.26 Å². The molecular weight excluding hydrogens is 382 g/mol. The molecule has 1 amide bonds. The maximum Gasteiger partial charge on any atom is 0.229 e. The predicted molar refractivity (Wildman–Crippen MR) is 115 cm³/mol. The first-order chi connectivity index (χ1) is 14.1. The van der Waals surface area contributed by atoms with Crippen LogP contribution in [0.4, 0.5) is 5.69 Å². The molecule has 0 radical (unpaired) electrons. The molecule has 6 heteroatoms. The SMILES string of the molecule is CCOc1ccc(C2CC(=O)N3CN(c4ccccc4C)CSC3=C2C#N)cc1. The Hall–Kier alpha value is -2.91. The highest BCUT2D eigenvalue weighted by atomic mass is 32.2. The van der Waals surface area contributed by atoms with Crippen molar-refractivity contribution in [3.05, 3.63) is 70.3 Å². The number of anilines is 1. The third-order valence-electron chi connectivity index (χ3n) is 5.34. The summed E-state index contributed by atoms with van der Waals surface area (Å²) < 4.78 is 5.51. The Labute approximate surface area is 175 Å². The Bertz CT molecular complexity index is 994. The molecule has 0 aliphatic carbocycles. The number of nitrogens with zero attached hydrogens (tertiary/aromatic N) is 3. The summed E-state index contributed by atoms with van der Waals surface area (Å²) in [5.74, 6) is 1.37. The van der Waals surface area contributed by atoms with E-state index in [-0.39, 0.29) is 11.8 Å². The number of nitriles is 1. The van der Waals surface area contributed by atoms with Gasteiger partial charge in [0.05, 0.1) is 35.8 Å². The van der Waals surface area contributed by atoms with Gasteiger partial charge in [-0.15, -0.1) is 0 Å². The number of amides is 1. The van der Waals surface area contributed by atoms with E-state index in [9.17, 15) is 10.1 Å². The van der Waals surface area contributed by atoms with Crippen LogP contribution in [-0.2, 0) is 4.79 Å². The summed E-state index contributed by atoms with van der Waals surface area (Å²) in [6, 6.07) is 18.3. The van der Waals surface area contributed by atoms with Crippen LogP contribution in [0.2, 0.25) is 0 Å². The second-order valence-corrected chi connectivity index (χ2v) is 8.09. The number of carbonyl (C=O) groups excluding carboxylic acids is 1. The van der Waals surface area contributed by atoms with Crippen molar-refractivity contribution >= 4 is 23.4 Å². The van der Waals surface area contributed by atoms with Gasteiger partial charge >= 0.3 is 0 Å². The second-order valence-electron chi connectivity index (χ2n) is 7.15. The van der Waals surface area contributed by atoms with E-state index in [1.165, 1.54) is 5.56 Å². The van der Waals surface area contributed by atoms with Gasteiger partial charge in [-0.05, 0) is 43.2 Å². The molecule has 2 aliphatic heterocycles. The van der Waals surface area contributed by atoms with Gasteiger partial charge in [0.25, 0.3) is 0 Å². The van der Waals surface area contributed by atoms with Gasteiger partial charge in [0.15, 0.2) is 0 Å². The molecule has 0 saturated carbocycles. The minimum absolute atomic E-state index is 0.0590. The number of fused-ring (bicyclic) bond motifs is 1. The Morgan fingerprint density at radius 3 is 2.66 bits per heavy atom. The first-order valence-electron chi connectivity index (χ1n) is 9.73. The summed E-state index contributed by atoms with van der Waals surface area (Å²) in [6.07, 6.45) is 0.308. The number of rotatable bonds is 4. The van der Waals surface area contributed by atoms with Crippen LogP contribution in [0.5, 0.6) is 5.75 Å². The Morgan fingerprint density at radius 2 is 1.97 bits per heavy atom. The van der Waals surface area contributed by atoms with E-state index in [0.717, 1.165) is 22.0 Å². The summed E-state index contributed by atoms with van der Waals surface area (Å²) >= 11 is 1.57. The average molecular weight is 406 g/mol. The second kappa shape index (κ2) is 8.22. The summed E-state index contributed by atoms with van der Waals surface area (Å²) in [6.45, 7) is 5.11. The Kier molecular flexibility index (Phi) is 5.50. The van der Waals surface area contributed by atoms with Crippen LogP contribution in [-0.4, -0.2) is 30.0 Å². The fourth-order valence-corrected chi connectivity index (χ4v) is 5.04. The molecule has 1 atom stereocenters. The molecule has 0 N–H and O–H groups in total. The lowest BCUT2D eigenvalue weighted by atomic mass is 9.86. The van der Waals surface area contributed by atoms with E-state index in [0.29, 0.717) is 31.1 Å². The van der Waals surface area contributed by atoms with Gasteiger partial charge < -0.3 is 9.64 Å². The zero-order chi connectivity index (χ0) is 20.4. The van der Waals surface area contributed by atoms with Crippen LogP contribution >= 0.6 is 11.8 Å². The fraction of sp³-hybridized carbons (Fsp3) is 0.304. The lowest BCUT2D eigenvalue weighted by Crippen LogP contribution is -2.47. The molecular formula is C23H23N3O2S. The lowest BCUT2D eigenvalue weighted by molar-refractivity contribution is -0.129. The number of aryl methyl sites for hydroxylation is 1. The molecule has 148 valence electrons. The minimum atomic E-state index is -0.202. The number of hydrogen-bond donors (Lipinski definition) is 0. The van der Waals surface area contributed by atoms with Crippen molar-refractivity contribution in [3.8, 4) is 11.8 Å². The molecule has 2 aromatic carbocycles. The van der Waals surface area contributed by atoms with E-state index in [2.05, 4.69) is 30.0 Å². The molecule has 1 unspecified atom stereocenters. The molecule has 4 rings (SSSR count). The van der Waals surface area contributed by atoms with Crippen molar-refractivity contribution in [2.45, 2.75) is 26.2 Å². The predicted octanol–water partition coefficient (Wildman–Crippen LogP) is 4.61. The van der Waals surface area contributed by atoms with E-state index in [4.69, 9.17) is 4.74 Å². The monoisotopic (exact) mass is 405 g/mol. The third kappa shape index (κ3) is 3.70. The van der Waals surface area contributed by atoms with Crippen LogP contribution in [0, 0.1) is 18.3 Å². The molecule has 5 nitrogen and oxygen atoms in total. The molecule has 1 saturated heterocycles. The van der Waals surface area contributed by atoms with Crippen molar-refractivity contribution in [2.24, 2.45) is 0 Å². The van der Waals surface area contributed by atoms with Crippen LogP contribution in [0.1, 0.15) is 30.4 Å². The van der Waals surface area contributed by atoms with Crippen molar-refractivity contribution in [1.29, 1.82) is 5.26 Å². The first kappa shape index (κ1) is 19.4. The maximum atomic E-state index is 13.0. The van der Waals surface area contributed by atoms with Gasteiger partial charge in [-0.25, -0.2) is 0 Å². The van der Waals surface area contributed by atoms with E-state index >= 15 is 0 Å². The summed E-state index contributed by atoms with van der Waals surface area (Å²) in [5, 5.41) is 10.7. The molecule has 2 aliphatic rings. The van der Waals surface area contributed by atoms with Gasteiger partial charge in [0, 0.05) is 18.0 Å². The maximum absolute atomic E-state index is 13.0. The van der Waals surface area contributed by atoms with E-state index in [1.54, 1.807) is 16.7 Å². The zero-order valence-corrected chi connectivity index (χ0v) is 17.4. The molecule has 0 aromatic heterocycles. The highest BCUT2D eigenvalue weighted by Gasteiger charge is 2.38. The largest absolute Gasteiger partial charge is 0.494 e. The Morgan fingerprint density at radius 1 is 1.21 bits per heavy atom. The van der Waals surface area contributed by atoms with Crippen LogP contribution in [0.3, 0.4) is 0 Å². The third-order valence-corrected chi connectivity index (χ3v) is 6.50.